The molecule has 1 unspecified atom stereocenters. The third-order valence-corrected chi connectivity index (χ3v) is 8.45. The van der Waals surface area contributed by atoms with Crippen LogP contribution in [0.5, 0.6) is 0 Å². The number of nitrogen functional groups attached to an aromatic ring is 1. The summed E-state index contributed by atoms with van der Waals surface area (Å²) in [5.41, 5.74) is 17.3. The molecule has 0 aliphatic carbocycles. The number of carbonyl (C=O) groups is 1. The van der Waals surface area contributed by atoms with Gasteiger partial charge in [-0.1, -0.05) is 43.3 Å². The third kappa shape index (κ3) is 8.43. The number of benzene rings is 2. The van der Waals surface area contributed by atoms with E-state index < -0.39 is 18.6 Å². The molecule has 1 saturated heterocycles. The van der Waals surface area contributed by atoms with E-state index in [4.69, 9.17) is 21.3 Å². The van der Waals surface area contributed by atoms with Crippen LogP contribution in [-0.4, -0.2) is 64.4 Å². The summed E-state index contributed by atoms with van der Waals surface area (Å²) in [5.74, 6) is 0.198. The van der Waals surface area contributed by atoms with Crippen LogP contribution in [0.15, 0.2) is 89.2 Å². The van der Waals surface area contributed by atoms with Gasteiger partial charge in [0.15, 0.2) is 0 Å². The maximum absolute atomic E-state index is 13.7. The van der Waals surface area contributed by atoms with Crippen molar-refractivity contribution in [1.29, 1.82) is 0 Å². The molecule has 0 spiro atoms. The smallest absolute Gasteiger partial charge is 0.261 e. The van der Waals surface area contributed by atoms with Crippen LogP contribution in [-0.2, 0) is 17.7 Å². The predicted molar refractivity (Wildman–Crippen MR) is 190 cm³/mol. The minimum Gasteiger partial charge on any atom is -0.404 e. The first-order valence-corrected chi connectivity index (χ1v) is 16.1. The Bertz CT molecular complexity index is 1830. The summed E-state index contributed by atoms with van der Waals surface area (Å²) in [4.78, 5) is 35.8. The summed E-state index contributed by atoms with van der Waals surface area (Å²) >= 11 is 0. The number of ether oxygens (including phenoxy) is 1. The molecule has 0 saturated carbocycles. The molecule has 0 bridgehead atoms. The second-order valence-corrected chi connectivity index (χ2v) is 11.9. The zero-order valence-corrected chi connectivity index (χ0v) is 27.0. The van der Waals surface area contributed by atoms with Gasteiger partial charge in [-0.3, -0.25) is 14.6 Å². The molecule has 5 rings (SSSR count). The molecule has 4 aromatic rings. The molecule has 2 aromatic carbocycles. The lowest BCUT2D eigenvalue weighted by molar-refractivity contribution is 0.0612. The molecular formula is C37H42N6O5. The van der Waals surface area contributed by atoms with E-state index in [0.29, 0.717) is 59.4 Å². The highest BCUT2D eigenvalue weighted by atomic mass is 16.5. The van der Waals surface area contributed by atoms with E-state index >= 15 is 0 Å². The number of amides is 1. The van der Waals surface area contributed by atoms with Crippen LogP contribution >= 0.6 is 0 Å². The molecular weight excluding hydrogens is 608 g/mol. The van der Waals surface area contributed by atoms with Gasteiger partial charge in [-0.05, 0) is 60.1 Å². The normalized spacial score (nSPS) is 14.7. The number of aromatic nitrogens is 2. The van der Waals surface area contributed by atoms with Crippen molar-refractivity contribution in [3.8, 4) is 22.3 Å². The van der Waals surface area contributed by atoms with E-state index in [1.807, 2.05) is 41.1 Å². The zero-order valence-electron chi connectivity index (χ0n) is 27.0. The Kier molecular flexibility index (Phi) is 11.5. The molecule has 3 heterocycles. The van der Waals surface area contributed by atoms with Crippen molar-refractivity contribution in [2.75, 3.05) is 37.4 Å². The number of aliphatic hydroxyl groups excluding tert-OH is 2. The van der Waals surface area contributed by atoms with Gasteiger partial charge in [0, 0.05) is 78.7 Å². The monoisotopic (exact) mass is 650 g/mol. The van der Waals surface area contributed by atoms with Crippen molar-refractivity contribution in [1.82, 2.24) is 9.55 Å². The second kappa shape index (κ2) is 16.1. The van der Waals surface area contributed by atoms with Gasteiger partial charge in [0.05, 0.1) is 19.3 Å². The lowest BCUT2D eigenvalue weighted by atomic mass is 9.99. The highest BCUT2D eigenvalue weighted by Crippen LogP contribution is 2.29. The summed E-state index contributed by atoms with van der Waals surface area (Å²) in [6, 6.07) is 16.8. The summed E-state index contributed by atoms with van der Waals surface area (Å²) in [5, 5.41) is 21.5. The van der Waals surface area contributed by atoms with Gasteiger partial charge in [-0.2, -0.15) is 0 Å². The van der Waals surface area contributed by atoms with Crippen molar-refractivity contribution in [2.24, 2.45) is 16.6 Å². The third-order valence-electron chi connectivity index (χ3n) is 8.45. The Balaban J connectivity index is 1.39. The van der Waals surface area contributed by atoms with Gasteiger partial charge in [-0.15, -0.1) is 0 Å². The van der Waals surface area contributed by atoms with Crippen LogP contribution in [0.3, 0.4) is 0 Å². The predicted octanol–water partition coefficient (Wildman–Crippen LogP) is 4.12. The number of nitrogens with one attached hydrogen (secondary N) is 1. The number of hydrogen-bond acceptors (Lipinski definition) is 9. The number of carbonyl (C=O) groups excluding carboxylic acids is 1. The van der Waals surface area contributed by atoms with E-state index in [1.54, 1.807) is 36.7 Å². The SMILES string of the molecule is CCc1ccc(-c2cn(CC3CCOCC3)cc(C(=O)Nc3ccc(-c4cc(C(C=NCC(O)CO)=CN)cnc4N)cc3)c2=O)cc1. The van der Waals surface area contributed by atoms with Crippen molar-refractivity contribution in [3.63, 3.8) is 0 Å². The van der Waals surface area contributed by atoms with E-state index in [1.165, 1.54) is 18.0 Å². The molecule has 11 nitrogen and oxygen atoms in total. The first-order chi connectivity index (χ1) is 23.3. The van der Waals surface area contributed by atoms with Gasteiger partial charge in [-0.25, -0.2) is 4.98 Å². The zero-order chi connectivity index (χ0) is 34.0. The molecule has 1 aliphatic rings. The topological polar surface area (TPSA) is 178 Å². The summed E-state index contributed by atoms with van der Waals surface area (Å²) in [6.45, 7) is 3.82. The van der Waals surface area contributed by atoms with E-state index in [9.17, 15) is 14.7 Å². The standard InChI is InChI=1S/C37H42N6O5/c1-2-24-3-5-27(6-4-24)33-21-43(20-25-11-13-48-14-12-25)22-34(35(33)46)37(47)42-30-9-7-26(8-10-30)32-15-28(18-41-36(32)39)29(16-38)17-40-19-31(45)23-44/h3-10,15-18,21-22,25,31,44-45H,2,11-14,19-20,23,38H2,1H3,(H2,39,41)(H,42,47). The fraction of sp³-hybridized carbons (Fsp3) is 0.297. The van der Waals surface area contributed by atoms with Crippen molar-refractivity contribution in [2.45, 2.75) is 38.8 Å². The Labute approximate surface area is 279 Å². The Hall–Kier alpha value is -5.10. The highest BCUT2D eigenvalue weighted by Gasteiger charge is 2.20. The van der Waals surface area contributed by atoms with E-state index in [-0.39, 0.29) is 17.5 Å². The van der Waals surface area contributed by atoms with Gasteiger partial charge in [0.25, 0.3) is 5.91 Å². The Morgan fingerprint density at radius 1 is 1.10 bits per heavy atom. The molecule has 250 valence electrons. The van der Waals surface area contributed by atoms with E-state index in [0.717, 1.165) is 30.4 Å². The maximum atomic E-state index is 13.7. The molecule has 1 aliphatic heterocycles. The number of nitrogens with zero attached hydrogens (tertiary/aromatic N) is 3. The minimum atomic E-state index is -0.959. The Morgan fingerprint density at radius 3 is 2.46 bits per heavy atom. The summed E-state index contributed by atoms with van der Waals surface area (Å²) < 4.78 is 7.49. The number of hydrogen-bond donors (Lipinski definition) is 5. The van der Waals surface area contributed by atoms with Crippen LogP contribution < -0.4 is 22.2 Å². The van der Waals surface area contributed by atoms with Gasteiger partial charge >= 0.3 is 0 Å². The van der Waals surface area contributed by atoms with Crippen molar-refractivity contribution >= 4 is 29.2 Å². The number of aliphatic hydroxyl groups is 2. The molecule has 1 fully saturated rings. The van der Waals surface area contributed by atoms with Crippen LogP contribution in [0.2, 0.25) is 0 Å². The number of allylic oxidation sites excluding steroid dienone is 1. The average Bonchev–Trinajstić information content (AvgIpc) is 3.12. The largest absolute Gasteiger partial charge is 0.404 e. The average molecular weight is 651 g/mol. The second-order valence-electron chi connectivity index (χ2n) is 11.9. The van der Waals surface area contributed by atoms with Crippen LogP contribution in [0, 0.1) is 5.92 Å². The Morgan fingerprint density at radius 2 is 1.79 bits per heavy atom. The molecule has 1 amide bonds. The number of nitrogens with two attached hydrogens (primary N) is 2. The number of aliphatic imine (C=N–C) groups is 1. The molecule has 48 heavy (non-hydrogen) atoms. The van der Waals surface area contributed by atoms with Crippen LogP contribution in [0.1, 0.15) is 41.3 Å². The van der Waals surface area contributed by atoms with Gasteiger partial charge in [0.2, 0.25) is 5.43 Å². The number of anilines is 2. The molecule has 7 N–H and O–H groups in total. The summed E-state index contributed by atoms with van der Waals surface area (Å²) in [6.07, 6.45) is 9.74. The van der Waals surface area contributed by atoms with Gasteiger partial charge in [0.1, 0.15) is 11.4 Å². The number of rotatable bonds is 12. The number of pyridine rings is 2. The molecule has 11 heteroatoms. The molecule has 2 aromatic heterocycles. The highest BCUT2D eigenvalue weighted by molar-refractivity contribution is 6.10. The van der Waals surface area contributed by atoms with Crippen molar-refractivity contribution in [3.05, 3.63) is 106 Å². The number of aryl methyl sites for hydroxylation is 1. The molecule has 1 atom stereocenters. The quantitative estimate of drug-likeness (QED) is 0.142. The lowest BCUT2D eigenvalue weighted by Gasteiger charge is -2.23. The van der Waals surface area contributed by atoms with Gasteiger partial charge < -0.3 is 36.3 Å². The fourth-order valence-corrected chi connectivity index (χ4v) is 5.59. The maximum Gasteiger partial charge on any atom is 0.261 e. The van der Waals surface area contributed by atoms with E-state index in [2.05, 4.69) is 22.2 Å². The van der Waals surface area contributed by atoms with Crippen LogP contribution in [0.25, 0.3) is 27.8 Å². The first-order valence-electron chi connectivity index (χ1n) is 16.1. The van der Waals surface area contributed by atoms with Crippen LogP contribution in [0.4, 0.5) is 11.5 Å². The molecule has 0 radical (unpaired) electrons. The fourth-order valence-electron chi connectivity index (χ4n) is 5.59. The first kappa shape index (κ1) is 34.2. The minimum absolute atomic E-state index is 0.0242. The van der Waals surface area contributed by atoms with Crippen molar-refractivity contribution < 1.29 is 19.7 Å². The lowest BCUT2D eigenvalue weighted by Crippen LogP contribution is -2.26. The summed E-state index contributed by atoms with van der Waals surface area (Å²) in [7, 11) is 0.